The highest BCUT2D eigenvalue weighted by Crippen LogP contribution is 2.29. The van der Waals surface area contributed by atoms with Crippen molar-refractivity contribution >= 4 is 32.5 Å². The maximum Gasteiger partial charge on any atom is 0.224 e. The third-order valence-electron chi connectivity index (χ3n) is 3.42. The predicted octanol–water partition coefficient (Wildman–Crippen LogP) is 2.95. The van der Waals surface area contributed by atoms with Gasteiger partial charge in [-0.2, -0.15) is 9.83 Å². The van der Waals surface area contributed by atoms with E-state index in [1.54, 1.807) is 23.0 Å². The number of aromatic nitrogens is 4. The first-order valence-electron chi connectivity index (χ1n) is 6.34. The van der Waals surface area contributed by atoms with E-state index >= 15 is 0 Å². The molecular weight excluding hydrogens is 332 g/mol. The molecule has 0 saturated carbocycles. The van der Waals surface area contributed by atoms with Crippen molar-refractivity contribution < 1.29 is 4.73 Å². The first kappa shape index (κ1) is 12.3. The second kappa shape index (κ2) is 4.53. The molecule has 102 valence electrons. The topological polar surface area (TPSA) is 57.1 Å². The van der Waals surface area contributed by atoms with Crippen molar-refractivity contribution in [3.63, 3.8) is 0 Å². The standard InChI is InChI=1S/C15H9BrN4O/c16-10-7-17-15-13(8-18-19(15)9-10)11-5-6-20(21)14-4-2-1-3-12(11)14/h1-9H. The zero-order valence-electron chi connectivity index (χ0n) is 10.8. The summed E-state index contributed by atoms with van der Waals surface area (Å²) in [7, 11) is 0. The summed E-state index contributed by atoms with van der Waals surface area (Å²) in [4.78, 5) is 4.41. The van der Waals surface area contributed by atoms with Gasteiger partial charge in [-0.15, -0.1) is 0 Å². The van der Waals surface area contributed by atoms with Crippen molar-refractivity contribution in [1.29, 1.82) is 0 Å². The zero-order valence-corrected chi connectivity index (χ0v) is 12.4. The summed E-state index contributed by atoms with van der Waals surface area (Å²) < 4.78 is 3.45. The molecule has 0 saturated heterocycles. The molecular formula is C15H9BrN4O. The van der Waals surface area contributed by atoms with E-state index < -0.39 is 0 Å². The molecule has 5 nitrogen and oxygen atoms in total. The van der Waals surface area contributed by atoms with Gasteiger partial charge in [0, 0.05) is 35.7 Å². The van der Waals surface area contributed by atoms with Crippen LogP contribution in [0.15, 0.2) is 59.6 Å². The zero-order chi connectivity index (χ0) is 14.4. The molecule has 0 unspecified atom stereocenters. The number of fused-ring (bicyclic) bond motifs is 2. The predicted molar refractivity (Wildman–Crippen MR) is 82.6 cm³/mol. The maximum absolute atomic E-state index is 11.9. The van der Waals surface area contributed by atoms with Crippen LogP contribution in [0.2, 0.25) is 0 Å². The van der Waals surface area contributed by atoms with Crippen LogP contribution in [-0.2, 0) is 0 Å². The molecule has 0 radical (unpaired) electrons. The second-order valence-corrected chi connectivity index (χ2v) is 5.59. The van der Waals surface area contributed by atoms with Crippen molar-refractivity contribution in [3.8, 4) is 11.1 Å². The summed E-state index contributed by atoms with van der Waals surface area (Å²) in [6.45, 7) is 0. The van der Waals surface area contributed by atoms with Gasteiger partial charge in [-0.3, -0.25) is 0 Å². The van der Waals surface area contributed by atoms with Gasteiger partial charge < -0.3 is 5.21 Å². The van der Waals surface area contributed by atoms with Crippen molar-refractivity contribution in [2.24, 2.45) is 0 Å². The summed E-state index contributed by atoms with van der Waals surface area (Å²) in [5.74, 6) is 0. The van der Waals surface area contributed by atoms with E-state index in [-0.39, 0.29) is 0 Å². The highest BCUT2D eigenvalue weighted by Gasteiger charge is 2.14. The van der Waals surface area contributed by atoms with E-state index in [9.17, 15) is 5.21 Å². The molecule has 0 aliphatic rings. The smallest absolute Gasteiger partial charge is 0.224 e. The Morgan fingerprint density at radius 2 is 1.95 bits per heavy atom. The molecule has 0 amide bonds. The molecule has 0 spiro atoms. The summed E-state index contributed by atoms with van der Waals surface area (Å²) in [6, 6.07) is 9.31. The minimum Gasteiger partial charge on any atom is -0.618 e. The molecule has 21 heavy (non-hydrogen) atoms. The molecule has 4 aromatic rings. The number of hydrogen-bond acceptors (Lipinski definition) is 3. The molecule has 0 N–H and O–H groups in total. The Morgan fingerprint density at radius 1 is 1.10 bits per heavy atom. The lowest BCUT2D eigenvalue weighted by molar-refractivity contribution is -0.576. The third kappa shape index (κ3) is 1.87. The quantitative estimate of drug-likeness (QED) is 0.395. The van der Waals surface area contributed by atoms with Crippen LogP contribution in [-0.4, -0.2) is 14.6 Å². The Bertz CT molecular complexity index is 980. The van der Waals surface area contributed by atoms with Crippen LogP contribution in [0, 0.1) is 5.21 Å². The Labute approximate surface area is 128 Å². The van der Waals surface area contributed by atoms with Gasteiger partial charge in [0.25, 0.3) is 0 Å². The molecule has 3 aromatic heterocycles. The van der Waals surface area contributed by atoms with Gasteiger partial charge in [0.2, 0.25) is 5.52 Å². The van der Waals surface area contributed by atoms with E-state index in [4.69, 9.17) is 0 Å². The SMILES string of the molecule is [O-][n+]1ccc(-c2cnn3cc(Br)cnc23)c2ccccc21. The first-order valence-corrected chi connectivity index (χ1v) is 7.13. The van der Waals surface area contributed by atoms with E-state index in [2.05, 4.69) is 26.0 Å². The Hall–Kier alpha value is -2.47. The Kier molecular flexibility index (Phi) is 2.65. The lowest BCUT2D eigenvalue weighted by atomic mass is 10.0. The average Bonchev–Trinajstić information content (AvgIpc) is 2.91. The van der Waals surface area contributed by atoms with Crippen molar-refractivity contribution in [3.05, 3.63) is 64.8 Å². The fourth-order valence-corrected chi connectivity index (χ4v) is 2.78. The minimum atomic E-state index is 0.631. The van der Waals surface area contributed by atoms with Crippen molar-refractivity contribution in [2.75, 3.05) is 0 Å². The van der Waals surface area contributed by atoms with E-state index in [1.807, 2.05) is 30.5 Å². The van der Waals surface area contributed by atoms with Crippen LogP contribution < -0.4 is 4.73 Å². The van der Waals surface area contributed by atoms with Crippen LogP contribution in [0.5, 0.6) is 0 Å². The fourth-order valence-electron chi connectivity index (χ4n) is 2.48. The Morgan fingerprint density at radius 3 is 2.86 bits per heavy atom. The molecule has 0 atom stereocenters. The van der Waals surface area contributed by atoms with Crippen LogP contribution in [0.3, 0.4) is 0 Å². The minimum absolute atomic E-state index is 0.631. The fraction of sp³-hybridized carbons (Fsp3) is 0. The van der Waals surface area contributed by atoms with Crippen LogP contribution in [0.4, 0.5) is 0 Å². The molecule has 3 heterocycles. The first-order chi connectivity index (χ1) is 10.2. The van der Waals surface area contributed by atoms with Crippen LogP contribution in [0.25, 0.3) is 27.7 Å². The summed E-state index contributed by atoms with van der Waals surface area (Å²) in [6.07, 6.45) is 6.87. The lowest BCUT2D eigenvalue weighted by Crippen LogP contribution is -2.25. The maximum atomic E-state index is 11.9. The number of nitrogens with zero attached hydrogens (tertiary/aromatic N) is 4. The monoisotopic (exact) mass is 340 g/mol. The summed E-state index contributed by atoms with van der Waals surface area (Å²) in [5.41, 5.74) is 3.24. The Balaban J connectivity index is 2.07. The van der Waals surface area contributed by atoms with Gasteiger partial charge in [0.15, 0.2) is 11.8 Å². The number of rotatable bonds is 1. The number of halogens is 1. The van der Waals surface area contributed by atoms with Gasteiger partial charge >= 0.3 is 0 Å². The number of hydrogen-bond donors (Lipinski definition) is 0. The van der Waals surface area contributed by atoms with E-state index in [0.717, 1.165) is 31.4 Å². The molecule has 4 rings (SSSR count). The second-order valence-electron chi connectivity index (χ2n) is 4.67. The highest BCUT2D eigenvalue weighted by atomic mass is 79.9. The summed E-state index contributed by atoms with van der Waals surface area (Å²) >= 11 is 3.38. The molecule has 0 aliphatic carbocycles. The van der Waals surface area contributed by atoms with Gasteiger partial charge in [-0.25, -0.2) is 9.50 Å². The average molecular weight is 341 g/mol. The molecule has 0 aliphatic heterocycles. The molecule has 0 fully saturated rings. The molecule has 0 bridgehead atoms. The normalized spacial score (nSPS) is 11.3. The highest BCUT2D eigenvalue weighted by molar-refractivity contribution is 9.10. The van der Waals surface area contributed by atoms with Gasteiger partial charge in [0.05, 0.1) is 16.1 Å². The van der Waals surface area contributed by atoms with Crippen LogP contribution >= 0.6 is 15.9 Å². The van der Waals surface area contributed by atoms with Crippen molar-refractivity contribution in [2.45, 2.75) is 0 Å². The van der Waals surface area contributed by atoms with E-state index in [0.29, 0.717) is 5.52 Å². The molecule has 1 aromatic carbocycles. The van der Waals surface area contributed by atoms with Gasteiger partial charge in [-0.1, -0.05) is 12.1 Å². The lowest BCUT2D eigenvalue weighted by Gasteiger charge is -2.06. The molecule has 6 heteroatoms. The largest absolute Gasteiger partial charge is 0.618 e. The number of para-hydroxylation sites is 1. The summed E-state index contributed by atoms with van der Waals surface area (Å²) in [5, 5.41) is 17.1. The van der Waals surface area contributed by atoms with E-state index in [1.165, 1.54) is 6.20 Å². The van der Waals surface area contributed by atoms with Gasteiger partial charge in [0.1, 0.15) is 0 Å². The van der Waals surface area contributed by atoms with Gasteiger partial charge in [-0.05, 0) is 22.0 Å². The third-order valence-corrected chi connectivity index (χ3v) is 3.83. The number of benzene rings is 1. The van der Waals surface area contributed by atoms with Crippen molar-refractivity contribution in [1.82, 2.24) is 14.6 Å². The number of pyridine rings is 1. The van der Waals surface area contributed by atoms with Crippen LogP contribution in [0.1, 0.15) is 0 Å².